The van der Waals surface area contributed by atoms with Gasteiger partial charge in [0.15, 0.2) is 11.6 Å². The van der Waals surface area contributed by atoms with Gasteiger partial charge in [-0.25, -0.2) is 14.4 Å². The van der Waals surface area contributed by atoms with Crippen molar-refractivity contribution in [3.63, 3.8) is 0 Å². The van der Waals surface area contributed by atoms with Crippen LogP contribution in [0.25, 0.3) is 0 Å². The van der Waals surface area contributed by atoms with E-state index in [9.17, 15) is 4.39 Å². The van der Waals surface area contributed by atoms with E-state index in [-0.39, 0.29) is 5.82 Å². The van der Waals surface area contributed by atoms with Crippen molar-refractivity contribution in [3.05, 3.63) is 30.7 Å². The van der Waals surface area contributed by atoms with Gasteiger partial charge in [0.1, 0.15) is 0 Å². The van der Waals surface area contributed by atoms with Gasteiger partial charge >= 0.3 is 0 Å². The number of anilines is 2. The first-order valence-electron chi connectivity index (χ1n) is 7.25. The van der Waals surface area contributed by atoms with Crippen LogP contribution in [0.1, 0.15) is 26.2 Å². The van der Waals surface area contributed by atoms with Gasteiger partial charge in [0.2, 0.25) is 5.95 Å². The summed E-state index contributed by atoms with van der Waals surface area (Å²) in [6, 6.07) is 0. The highest BCUT2D eigenvalue weighted by atomic mass is 19.1. The second-order valence-electron chi connectivity index (χ2n) is 4.75. The lowest BCUT2D eigenvalue weighted by Gasteiger charge is -2.09. The van der Waals surface area contributed by atoms with Gasteiger partial charge in [0.25, 0.3) is 0 Å². The number of imidazole rings is 1. The number of hydrogen-bond acceptors (Lipinski definition) is 5. The van der Waals surface area contributed by atoms with Crippen molar-refractivity contribution in [1.82, 2.24) is 19.5 Å². The van der Waals surface area contributed by atoms with Crippen molar-refractivity contribution >= 4 is 11.8 Å². The molecule has 0 aliphatic heterocycles. The van der Waals surface area contributed by atoms with E-state index in [0.29, 0.717) is 12.5 Å². The van der Waals surface area contributed by atoms with E-state index < -0.39 is 5.82 Å². The standard InChI is InChI=1S/C14H21FN6/c1-2-5-18-14-19-10-12(15)13(20-14)17-6-3-4-8-21-9-7-16-11-21/h7,9-11H,2-6,8H2,1H3,(H2,17,18,19,20). The monoisotopic (exact) mass is 292 g/mol. The number of halogens is 1. The average molecular weight is 292 g/mol. The largest absolute Gasteiger partial charge is 0.367 e. The minimum atomic E-state index is -0.424. The Balaban J connectivity index is 1.74. The minimum Gasteiger partial charge on any atom is -0.367 e. The fourth-order valence-electron chi connectivity index (χ4n) is 1.86. The number of unbranched alkanes of at least 4 members (excludes halogenated alkanes) is 1. The van der Waals surface area contributed by atoms with Gasteiger partial charge in [0, 0.05) is 32.0 Å². The minimum absolute atomic E-state index is 0.256. The van der Waals surface area contributed by atoms with Crippen LogP contribution in [0, 0.1) is 5.82 Å². The molecule has 0 aliphatic rings. The topological polar surface area (TPSA) is 67.7 Å². The van der Waals surface area contributed by atoms with E-state index in [2.05, 4.69) is 32.5 Å². The smallest absolute Gasteiger partial charge is 0.224 e. The van der Waals surface area contributed by atoms with Crippen molar-refractivity contribution in [2.75, 3.05) is 23.7 Å². The third-order valence-corrected chi connectivity index (χ3v) is 2.97. The molecule has 0 spiro atoms. The van der Waals surface area contributed by atoms with Crippen molar-refractivity contribution in [1.29, 1.82) is 0 Å². The molecule has 2 rings (SSSR count). The van der Waals surface area contributed by atoms with Gasteiger partial charge in [-0.2, -0.15) is 4.98 Å². The second-order valence-corrected chi connectivity index (χ2v) is 4.75. The summed E-state index contributed by atoms with van der Waals surface area (Å²) in [5.41, 5.74) is 0. The summed E-state index contributed by atoms with van der Waals surface area (Å²) in [6.45, 7) is 4.42. The average Bonchev–Trinajstić information content (AvgIpc) is 3.00. The first-order chi connectivity index (χ1) is 10.3. The molecule has 2 aromatic heterocycles. The first kappa shape index (κ1) is 15.2. The molecule has 2 heterocycles. The Morgan fingerprint density at radius 1 is 1.24 bits per heavy atom. The maximum Gasteiger partial charge on any atom is 0.224 e. The van der Waals surface area contributed by atoms with Gasteiger partial charge in [-0.1, -0.05) is 6.92 Å². The van der Waals surface area contributed by atoms with Crippen LogP contribution < -0.4 is 10.6 Å². The van der Waals surface area contributed by atoms with Gasteiger partial charge in [0.05, 0.1) is 12.5 Å². The lowest BCUT2D eigenvalue weighted by molar-refractivity contribution is 0.606. The van der Waals surface area contributed by atoms with Crippen LogP contribution in [-0.4, -0.2) is 32.6 Å². The summed E-state index contributed by atoms with van der Waals surface area (Å²) in [7, 11) is 0. The molecule has 0 saturated heterocycles. The summed E-state index contributed by atoms with van der Waals surface area (Å²) < 4.78 is 15.6. The van der Waals surface area contributed by atoms with Gasteiger partial charge in [-0.15, -0.1) is 0 Å². The number of aryl methyl sites for hydroxylation is 1. The highest BCUT2D eigenvalue weighted by Crippen LogP contribution is 2.12. The first-order valence-corrected chi connectivity index (χ1v) is 7.25. The van der Waals surface area contributed by atoms with Crippen molar-refractivity contribution < 1.29 is 4.39 Å². The fourth-order valence-corrected chi connectivity index (χ4v) is 1.86. The molecule has 21 heavy (non-hydrogen) atoms. The molecule has 0 aromatic carbocycles. The number of aromatic nitrogens is 4. The molecule has 2 aromatic rings. The number of rotatable bonds is 9. The summed E-state index contributed by atoms with van der Waals surface area (Å²) in [6.07, 6.45) is 9.58. The van der Waals surface area contributed by atoms with Crippen molar-refractivity contribution in [2.45, 2.75) is 32.7 Å². The van der Waals surface area contributed by atoms with E-state index in [4.69, 9.17) is 0 Å². The van der Waals surface area contributed by atoms with Gasteiger partial charge in [-0.3, -0.25) is 0 Å². The fraction of sp³-hybridized carbons (Fsp3) is 0.500. The lowest BCUT2D eigenvalue weighted by atomic mass is 10.3. The zero-order chi connectivity index (χ0) is 14.9. The van der Waals surface area contributed by atoms with Gasteiger partial charge in [-0.05, 0) is 19.3 Å². The molecule has 0 radical (unpaired) electrons. The zero-order valence-corrected chi connectivity index (χ0v) is 12.2. The summed E-state index contributed by atoms with van der Waals surface area (Å²) in [4.78, 5) is 12.0. The van der Waals surface area contributed by atoms with Crippen LogP contribution in [0.15, 0.2) is 24.9 Å². The Labute approximate surface area is 123 Å². The van der Waals surface area contributed by atoms with Crippen LogP contribution in [0.5, 0.6) is 0 Å². The van der Waals surface area contributed by atoms with E-state index in [1.807, 2.05) is 10.8 Å². The highest BCUT2D eigenvalue weighted by Gasteiger charge is 2.05. The lowest BCUT2D eigenvalue weighted by Crippen LogP contribution is -2.10. The predicted octanol–water partition coefficient (Wildman–Crippen LogP) is 2.53. The Hall–Kier alpha value is -2.18. The molecular weight excluding hydrogens is 271 g/mol. The molecule has 0 atom stereocenters. The molecule has 0 aliphatic carbocycles. The van der Waals surface area contributed by atoms with Crippen LogP contribution >= 0.6 is 0 Å². The number of nitrogens with zero attached hydrogens (tertiary/aromatic N) is 4. The maximum absolute atomic E-state index is 13.6. The van der Waals surface area contributed by atoms with E-state index in [1.165, 1.54) is 6.20 Å². The van der Waals surface area contributed by atoms with Crippen LogP contribution in [0.3, 0.4) is 0 Å². The molecule has 0 amide bonds. The third kappa shape index (κ3) is 5.02. The molecule has 7 heteroatoms. The molecule has 0 saturated carbocycles. The summed E-state index contributed by atoms with van der Waals surface area (Å²) >= 11 is 0. The Morgan fingerprint density at radius 3 is 2.90 bits per heavy atom. The van der Waals surface area contributed by atoms with Crippen molar-refractivity contribution in [2.24, 2.45) is 0 Å². The predicted molar refractivity (Wildman–Crippen MR) is 80.7 cm³/mol. The molecule has 0 unspecified atom stereocenters. The molecular formula is C14H21FN6. The van der Waals surface area contributed by atoms with Gasteiger partial charge < -0.3 is 15.2 Å². The molecule has 0 fully saturated rings. The van der Waals surface area contributed by atoms with Crippen LogP contribution in [0.2, 0.25) is 0 Å². The van der Waals surface area contributed by atoms with Crippen LogP contribution in [-0.2, 0) is 6.54 Å². The maximum atomic E-state index is 13.6. The Bertz CT molecular complexity index is 528. The van der Waals surface area contributed by atoms with Crippen LogP contribution in [0.4, 0.5) is 16.2 Å². The Morgan fingerprint density at radius 2 is 2.14 bits per heavy atom. The summed E-state index contributed by atoms with van der Waals surface area (Å²) in [5, 5.41) is 6.06. The highest BCUT2D eigenvalue weighted by molar-refractivity contribution is 5.40. The molecule has 6 nitrogen and oxygen atoms in total. The molecule has 2 N–H and O–H groups in total. The quantitative estimate of drug-likeness (QED) is 0.695. The Kier molecular flexibility index (Phi) is 5.93. The van der Waals surface area contributed by atoms with E-state index >= 15 is 0 Å². The molecule has 0 bridgehead atoms. The second kappa shape index (κ2) is 8.18. The molecule has 114 valence electrons. The van der Waals surface area contributed by atoms with E-state index in [0.717, 1.165) is 32.4 Å². The van der Waals surface area contributed by atoms with Crippen molar-refractivity contribution in [3.8, 4) is 0 Å². The van der Waals surface area contributed by atoms with E-state index in [1.54, 1.807) is 12.5 Å². The number of nitrogens with one attached hydrogen (secondary N) is 2. The normalized spacial score (nSPS) is 10.6. The third-order valence-electron chi connectivity index (χ3n) is 2.97. The number of hydrogen-bond donors (Lipinski definition) is 2. The zero-order valence-electron chi connectivity index (χ0n) is 12.2. The SMILES string of the molecule is CCCNc1ncc(F)c(NCCCCn2ccnc2)n1. The summed E-state index contributed by atoms with van der Waals surface area (Å²) in [5.74, 6) is 0.289.